The molecule has 0 radical (unpaired) electrons. The highest BCUT2D eigenvalue weighted by molar-refractivity contribution is 6.13. The molecule has 0 N–H and O–H groups in total. The number of aliphatic imine (C=N–C) groups is 1. The Kier molecular flexibility index (Phi) is 3.85. The van der Waals surface area contributed by atoms with E-state index >= 15 is 0 Å². The van der Waals surface area contributed by atoms with Crippen LogP contribution in [0.4, 0.5) is 0 Å². The summed E-state index contributed by atoms with van der Waals surface area (Å²) >= 11 is 0. The standard InChI is InChI=1S/C19H15NO5/c1-2-22-14-6-3-12(4-7-14)9-15-19(21)25-18(20-15)13-5-8-16-17(10-13)24-11-23-16/h3-10H,2,11H2,1H3/b15-9-. The van der Waals surface area contributed by atoms with Gasteiger partial charge in [0, 0.05) is 5.56 Å². The highest BCUT2D eigenvalue weighted by Crippen LogP contribution is 2.33. The maximum absolute atomic E-state index is 12.1. The molecule has 126 valence electrons. The first-order chi connectivity index (χ1) is 12.2. The average Bonchev–Trinajstić information content (AvgIpc) is 3.23. The molecule has 0 bridgehead atoms. The van der Waals surface area contributed by atoms with Crippen molar-refractivity contribution in [2.24, 2.45) is 4.99 Å². The molecule has 2 aliphatic heterocycles. The number of hydrogen-bond acceptors (Lipinski definition) is 6. The van der Waals surface area contributed by atoms with Gasteiger partial charge in [0.15, 0.2) is 17.2 Å². The van der Waals surface area contributed by atoms with Crippen molar-refractivity contribution in [1.29, 1.82) is 0 Å². The fourth-order valence-electron chi connectivity index (χ4n) is 2.55. The predicted octanol–water partition coefficient (Wildman–Crippen LogP) is 3.16. The summed E-state index contributed by atoms with van der Waals surface area (Å²) < 4.78 is 21.3. The Morgan fingerprint density at radius 3 is 2.72 bits per heavy atom. The fourth-order valence-corrected chi connectivity index (χ4v) is 2.55. The molecule has 6 nitrogen and oxygen atoms in total. The van der Waals surface area contributed by atoms with Crippen LogP contribution in [0.15, 0.2) is 53.2 Å². The van der Waals surface area contributed by atoms with Crippen LogP contribution >= 0.6 is 0 Å². The van der Waals surface area contributed by atoms with Crippen molar-refractivity contribution in [3.63, 3.8) is 0 Å². The number of hydrogen-bond donors (Lipinski definition) is 0. The molecule has 2 aliphatic rings. The van der Waals surface area contributed by atoms with E-state index in [1.54, 1.807) is 24.3 Å². The molecular weight excluding hydrogens is 322 g/mol. The Balaban J connectivity index is 1.59. The summed E-state index contributed by atoms with van der Waals surface area (Å²) in [7, 11) is 0. The van der Waals surface area contributed by atoms with E-state index < -0.39 is 5.97 Å². The summed E-state index contributed by atoms with van der Waals surface area (Å²) in [4.78, 5) is 16.4. The van der Waals surface area contributed by atoms with Gasteiger partial charge in [-0.25, -0.2) is 9.79 Å². The lowest BCUT2D eigenvalue weighted by atomic mass is 10.2. The monoisotopic (exact) mass is 337 g/mol. The number of nitrogens with zero attached hydrogens (tertiary/aromatic N) is 1. The topological polar surface area (TPSA) is 66.3 Å². The number of cyclic esters (lactones) is 1. The Morgan fingerprint density at radius 2 is 1.92 bits per heavy atom. The normalized spacial score (nSPS) is 16.8. The molecule has 0 amide bonds. The number of carbonyl (C=O) groups excluding carboxylic acids is 1. The van der Waals surface area contributed by atoms with Crippen LogP contribution in [0.25, 0.3) is 6.08 Å². The molecule has 0 fully saturated rings. The van der Waals surface area contributed by atoms with Gasteiger partial charge in [-0.05, 0) is 48.9 Å². The smallest absolute Gasteiger partial charge is 0.363 e. The largest absolute Gasteiger partial charge is 0.494 e. The van der Waals surface area contributed by atoms with E-state index in [4.69, 9.17) is 18.9 Å². The van der Waals surface area contributed by atoms with Crippen LogP contribution in [-0.2, 0) is 9.53 Å². The van der Waals surface area contributed by atoms with E-state index in [2.05, 4.69) is 4.99 Å². The number of rotatable bonds is 4. The highest BCUT2D eigenvalue weighted by atomic mass is 16.7. The number of fused-ring (bicyclic) bond motifs is 1. The van der Waals surface area contributed by atoms with Crippen LogP contribution in [0.2, 0.25) is 0 Å². The Hall–Kier alpha value is -3.28. The van der Waals surface area contributed by atoms with E-state index in [1.165, 1.54) is 0 Å². The van der Waals surface area contributed by atoms with Gasteiger partial charge in [0.1, 0.15) is 5.75 Å². The number of ether oxygens (including phenoxy) is 4. The van der Waals surface area contributed by atoms with Crippen molar-refractivity contribution in [2.75, 3.05) is 13.4 Å². The minimum Gasteiger partial charge on any atom is -0.494 e. The minimum absolute atomic E-state index is 0.188. The van der Waals surface area contributed by atoms with Crippen molar-refractivity contribution in [3.8, 4) is 17.2 Å². The van der Waals surface area contributed by atoms with Gasteiger partial charge in [0.25, 0.3) is 0 Å². The van der Waals surface area contributed by atoms with Gasteiger partial charge in [-0.15, -0.1) is 0 Å². The Bertz CT molecular complexity index is 883. The number of benzene rings is 2. The van der Waals surface area contributed by atoms with Crippen molar-refractivity contribution < 1.29 is 23.7 Å². The lowest BCUT2D eigenvalue weighted by molar-refractivity contribution is -0.129. The second-order valence-corrected chi connectivity index (χ2v) is 5.41. The molecule has 2 heterocycles. The van der Waals surface area contributed by atoms with Gasteiger partial charge in [-0.3, -0.25) is 0 Å². The van der Waals surface area contributed by atoms with Crippen LogP contribution in [0.3, 0.4) is 0 Å². The molecule has 0 saturated heterocycles. The first-order valence-electron chi connectivity index (χ1n) is 7.88. The summed E-state index contributed by atoms with van der Waals surface area (Å²) in [6, 6.07) is 12.7. The maximum atomic E-state index is 12.1. The molecule has 0 spiro atoms. The SMILES string of the molecule is CCOc1ccc(/C=C2\N=C(c3ccc4c(c3)OCO4)OC2=O)cc1. The fraction of sp³-hybridized carbons (Fsp3) is 0.158. The third kappa shape index (κ3) is 3.06. The second kappa shape index (κ2) is 6.32. The zero-order valence-corrected chi connectivity index (χ0v) is 13.5. The van der Waals surface area contributed by atoms with Gasteiger partial charge in [0.2, 0.25) is 12.7 Å². The molecule has 25 heavy (non-hydrogen) atoms. The summed E-state index contributed by atoms with van der Waals surface area (Å²) in [6.07, 6.45) is 1.68. The van der Waals surface area contributed by atoms with Crippen LogP contribution in [0.5, 0.6) is 17.2 Å². The number of esters is 1. The van der Waals surface area contributed by atoms with E-state index in [0.717, 1.165) is 11.3 Å². The minimum atomic E-state index is -0.485. The lowest BCUT2D eigenvalue weighted by Gasteiger charge is -2.02. The van der Waals surface area contributed by atoms with Crippen LogP contribution in [0.1, 0.15) is 18.1 Å². The van der Waals surface area contributed by atoms with E-state index in [-0.39, 0.29) is 18.4 Å². The lowest BCUT2D eigenvalue weighted by Crippen LogP contribution is -2.05. The first kappa shape index (κ1) is 15.3. The molecule has 0 aromatic heterocycles. The van der Waals surface area contributed by atoms with Gasteiger partial charge in [-0.1, -0.05) is 12.1 Å². The van der Waals surface area contributed by atoms with Crippen LogP contribution in [-0.4, -0.2) is 25.3 Å². The second-order valence-electron chi connectivity index (χ2n) is 5.41. The molecule has 2 aromatic carbocycles. The highest BCUT2D eigenvalue weighted by Gasteiger charge is 2.25. The van der Waals surface area contributed by atoms with Gasteiger partial charge in [0.05, 0.1) is 6.61 Å². The first-order valence-corrected chi connectivity index (χ1v) is 7.88. The summed E-state index contributed by atoms with van der Waals surface area (Å²) in [6.45, 7) is 2.72. The summed E-state index contributed by atoms with van der Waals surface area (Å²) in [5, 5.41) is 0. The quantitative estimate of drug-likeness (QED) is 0.633. The Labute approximate surface area is 144 Å². The summed E-state index contributed by atoms with van der Waals surface area (Å²) in [5.74, 6) is 1.82. The Morgan fingerprint density at radius 1 is 1.12 bits per heavy atom. The van der Waals surface area contributed by atoms with Crippen molar-refractivity contribution in [3.05, 3.63) is 59.3 Å². The zero-order valence-electron chi connectivity index (χ0n) is 13.5. The van der Waals surface area contributed by atoms with Crippen molar-refractivity contribution >= 4 is 17.9 Å². The zero-order chi connectivity index (χ0) is 17.2. The molecule has 0 unspecified atom stereocenters. The average molecular weight is 337 g/mol. The van der Waals surface area contributed by atoms with Gasteiger partial charge in [-0.2, -0.15) is 0 Å². The van der Waals surface area contributed by atoms with Gasteiger partial charge >= 0.3 is 5.97 Å². The van der Waals surface area contributed by atoms with Crippen molar-refractivity contribution in [1.82, 2.24) is 0 Å². The molecular formula is C19H15NO5. The van der Waals surface area contributed by atoms with Crippen molar-refractivity contribution in [2.45, 2.75) is 6.92 Å². The molecule has 0 atom stereocenters. The molecule has 0 saturated carbocycles. The van der Waals surface area contributed by atoms with Crippen LogP contribution in [0, 0.1) is 0 Å². The predicted molar refractivity (Wildman–Crippen MR) is 90.8 cm³/mol. The van der Waals surface area contributed by atoms with E-state index in [1.807, 2.05) is 31.2 Å². The van der Waals surface area contributed by atoms with Crippen LogP contribution < -0.4 is 14.2 Å². The van der Waals surface area contributed by atoms with E-state index in [9.17, 15) is 4.79 Å². The third-order valence-corrected chi connectivity index (χ3v) is 3.73. The molecule has 2 aromatic rings. The van der Waals surface area contributed by atoms with E-state index in [0.29, 0.717) is 23.7 Å². The third-order valence-electron chi connectivity index (χ3n) is 3.73. The molecule has 0 aliphatic carbocycles. The molecule has 4 rings (SSSR count). The molecule has 6 heteroatoms. The van der Waals surface area contributed by atoms with Gasteiger partial charge < -0.3 is 18.9 Å². The number of carbonyl (C=O) groups is 1. The summed E-state index contributed by atoms with van der Waals surface area (Å²) in [5.41, 5.74) is 1.75. The maximum Gasteiger partial charge on any atom is 0.363 e.